The average Bonchev–Trinajstić information content (AvgIpc) is 3.37. The van der Waals surface area contributed by atoms with Crippen LogP contribution in [0.2, 0.25) is 0 Å². The molecule has 0 radical (unpaired) electrons. The number of imidazole rings is 1. The Labute approximate surface area is 189 Å². The van der Waals surface area contributed by atoms with E-state index in [-0.39, 0.29) is 24.2 Å². The van der Waals surface area contributed by atoms with E-state index in [4.69, 9.17) is 4.98 Å². The number of nitrogens with zero attached hydrogens (tertiary/aromatic N) is 4. The zero-order valence-electron chi connectivity index (χ0n) is 19.4. The van der Waals surface area contributed by atoms with Crippen LogP contribution in [-0.4, -0.2) is 48.3 Å². The Morgan fingerprint density at radius 2 is 1.78 bits per heavy atom. The molecule has 0 amide bonds. The van der Waals surface area contributed by atoms with Gasteiger partial charge in [0.2, 0.25) is 5.92 Å². The van der Waals surface area contributed by atoms with E-state index in [1.807, 2.05) is 18.2 Å². The van der Waals surface area contributed by atoms with Crippen molar-refractivity contribution in [2.75, 3.05) is 24.4 Å². The Kier molecular flexibility index (Phi) is 6.03. The molecule has 9 heteroatoms. The van der Waals surface area contributed by atoms with E-state index < -0.39 is 16.1 Å². The Bertz CT molecular complexity index is 1080. The molecule has 178 valence electrons. The number of fused-ring (bicyclic) bond motifs is 1. The number of hydrogen-bond acceptors (Lipinski definition) is 3. The quantitative estimate of drug-likeness (QED) is 0.625. The Hall–Kier alpha value is -1.74. The second-order valence-corrected chi connectivity index (χ2v) is 12.3. The third-order valence-corrected chi connectivity index (χ3v) is 8.70. The number of aromatic nitrogens is 2. The highest BCUT2D eigenvalue weighted by atomic mass is 32.2. The summed E-state index contributed by atoms with van der Waals surface area (Å²) in [5.74, 6) is -1.46. The Morgan fingerprint density at radius 1 is 1.16 bits per heavy atom. The number of halogens is 2. The first-order valence-electron chi connectivity index (χ1n) is 11.5. The first kappa shape index (κ1) is 23.4. The van der Waals surface area contributed by atoms with Crippen LogP contribution >= 0.6 is 0 Å². The zero-order valence-corrected chi connectivity index (χ0v) is 20.3. The molecule has 2 aromatic rings. The minimum absolute atomic E-state index is 0.0571. The summed E-state index contributed by atoms with van der Waals surface area (Å²) in [5, 5.41) is 0. The predicted octanol–water partition coefficient (Wildman–Crippen LogP) is 4.94. The number of alkyl halides is 2. The highest BCUT2D eigenvalue weighted by molar-refractivity contribution is 7.90. The zero-order chi connectivity index (χ0) is 23.3. The van der Waals surface area contributed by atoms with Gasteiger partial charge in [-0.1, -0.05) is 20.8 Å². The highest BCUT2D eigenvalue weighted by Crippen LogP contribution is 2.38. The average molecular weight is 469 g/mol. The Balaban J connectivity index is 1.67. The van der Waals surface area contributed by atoms with Crippen molar-refractivity contribution in [3.63, 3.8) is 0 Å². The van der Waals surface area contributed by atoms with Gasteiger partial charge in [0.15, 0.2) is 0 Å². The molecule has 6 nitrogen and oxygen atoms in total. The lowest BCUT2D eigenvalue weighted by atomic mass is 9.86. The van der Waals surface area contributed by atoms with Crippen LogP contribution in [0.4, 0.5) is 14.5 Å². The summed E-state index contributed by atoms with van der Waals surface area (Å²) in [6.07, 6.45) is 2.67. The molecule has 1 aromatic carbocycles. The molecular weight excluding hydrogens is 434 g/mol. The lowest BCUT2D eigenvalue weighted by molar-refractivity contribution is -0.0473. The van der Waals surface area contributed by atoms with Crippen molar-refractivity contribution < 1.29 is 17.2 Å². The van der Waals surface area contributed by atoms with Gasteiger partial charge in [0.05, 0.1) is 16.7 Å². The fourth-order valence-corrected chi connectivity index (χ4v) is 6.28. The lowest BCUT2D eigenvalue weighted by Gasteiger charge is -2.30. The molecule has 1 saturated carbocycles. The van der Waals surface area contributed by atoms with Crippen LogP contribution in [0.3, 0.4) is 0 Å². The predicted molar refractivity (Wildman–Crippen MR) is 123 cm³/mol. The fraction of sp³-hybridized carbons (Fsp3) is 0.696. The van der Waals surface area contributed by atoms with E-state index in [1.54, 1.807) is 7.05 Å². The third-order valence-electron chi connectivity index (χ3n) is 6.78. The number of rotatable bonds is 5. The number of benzene rings is 1. The maximum Gasteiger partial charge on any atom is 0.303 e. The second kappa shape index (κ2) is 8.24. The lowest BCUT2D eigenvalue weighted by Crippen LogP contribution is -2.40. The first-order valence-corrected chi connectivity index (χ1v) is 12.9. The third kappa shape index (κ3) is 4.51. The molecular formula is C23H34F2N4O2S. The van der Waals surface area contributed by atoms with Crippen molar-refractivity contribution in [3.8, 4) is 0 Å². The molecule has 4 rings (SSSR count). The molecule has 1 saturated heterocycles. The molecule has 32 heavy (non-hydrogen) atoms. The van der Waals surface area contributed by atoms with E-state index in [1.165, 1.54) is 8.61 Å². The van der Waals surface area contributed by atoms with E-state index in [2.05, 4.69) is 25.3 Å². The summed E-state index contributed by atoms with van der Waals surface area (Å²) < 4.78 is 58.2. The summed E-state index contributed by atoms with van der Waals surface area (Å²) in [6.45, 7) is 8.02. The molecule has 1 aliphatic carbocycles. The maximum atomic E-state index is 13.6. The number of hydrogen-bond donors (Lipinski definition) is 0. The van der Waals surface area contributed by atoms with Crippen molar-refractivity contribution in [1.29, 1.82) is 0 Å². The SMILES string of the molecule is CN(c1ccc2c(c1)nc(C(C)(C)C)n2CC1CCC(F)(F)CC1)S(=O)(=O)N1CCCC1. The topological polar surface area (TPSA) is 58.4 Å². The van der Waals surface area contributed by atoms with Gasteiger partial charge in [-0.15, -0.1) is 0 Å². The largest absolute Gasteiger partial charge is 0.327 e. The molecule has 2 heterocycles. The van der Waals surface area contributed by atoms with Gasteiger partial charge >= 0.3 is 10.2 Å². The fourth-order valence-electron chi connectivity index (χ4n) is 4.84. The van der Waals surface area contributed by atoms with Gasteiger partial charge in [0, 0.05) is 44.9 Å². The van der Waals surface area contributed by atoms with Crippen molar-refractivity contribution in [2.45, 2.75) is 77.2 Å². The van der Waals surface area contributed by atoms with E-state index in [0.717, 1.165) is 29.7 Å². The first-order chi connectivity index (χ1) is 14.9. The normalized spacial score (nSPS) is 20.8. The van der Waals surface area contributed by atoms with E-state index in [0.29, 0.717) is 38.2 Å². The van der Waals surface area contributed by atoms with Gasteiger partial charge < -0.3 is 4.57 Å². The molecule has 2 fully saturated rings. The summed E-state index contributed by atoms with van der Waals surface area (Å²) in [6, 6.07) is 5.56. The highest BCUT2D eigenvalue weighted by Gasteiger charge is 2.36. The summed E-state index contributed by atoms with van der Waals surface area (Å²) in [4.78, 5) is 4.88. The van der Waals surface area contributed by atoms with Gasteiger partial charge in [-0.25, -0.2) is 13.8 Å². The smallest absolute Gasteiger partial charge is 0.303 e. The van der Waals surface area contributed by atoms with Crippen LogP contribution in [0.1, 0.15) is 65.1 Å². The molecule has 0 bridgehead atoms. The van der Waals surface area contributed by atoms with Gasteiger partial charge in [-0.3, -0.25) is 4.31 Å². The molecule has 0 N–H and O–H groups in total. The van der Waals surface area contributed by atoms with Gasteiger partial charge in [0.25, 0.3) is 0 Å². The molecule has 0 spiro atoms. The van der Waals surface area contributed by atoms with Crippen LogP contribution < -0.4 is 4.31 Å². The molecule has 1 aromatic heterocycles. The summed E-state index contributed by atoms with van der Waals surface area (Å²) in [7, 11) is -1.98. The van der Waals surface area contributed by atoms with E-state index in [9.17, 15) is 17.2 Å². The standard InChI is InChI=1S/C23H34F2N4O2S/c1-22(2,3)21-26-19-15-18(27(4)32(30,31)28-13-5-6-14-28)7-8-20(19)29(21)16-17-9-11-23(24,25)12-10-17/h7-8,15,17H,5-6,9-14,16H2,1-4H3. The van der Waals surface area contributed by atoms with Crippen LogP contribution in [0.5, 0.6) is 0 Å². The maximum absolute atomic E-state index is 13.6. The second-order valence-electron chi connectivity index (χ2n) is 10.3. The van der Waals surface area contributed by atoms with Gasteiger partial charge in [0.1, 0.15) is 5.82 Å². The van der Waals surface area contributed by atoms with Crippen LogP contribution in [0.25, 0.3) is 11.0 Å². The van der Waals surface area contributed by atoms with Crippen LogP contribution in [0, 0.1) is 5.92 Å². The van der Waals surface area contributed by atoms with Gasteiger partial charge in [-0.05, 0) is 49.8 Å². The Morgan fingerprint density at radius 3 is 2.38 bits per heavy atom. The van der Waals surface area contributed by atoms with Crippen LogP contribution in [0.15, 0.2) is 18.2 Å². The monoisotopic (exact) mass is 468 g/mol. The molecule has 1 aliphatic heterocycles. The molecule has 0 atom stereocenters. The summed E-state index contributed by atoms with van der Waals surface area (Å²) >= 11 is 0. The minimum Gasteiger partial charge on any atom is -0.327 e. The van der Waals surface area contributed by atoms with E-state index >= 15 is 0 Å². The van der Waals surface area contributed by atoms with Crippen molar-refractivity contribution in [2.24, 2.45) is 5.92 Å². The molecule has 0 unspecified atom stereocenters. The minimum atomic E-state index is -3.56. The van der Waals surface area contributed by atoms with Crippen molar-refractivity contribution in [3.05, 3.63) is 24.0 Å². The molecule has 2 aliphatic rings. The van der Waals surface area contributed by atoms with Crippen molar-refractivity contribution >= 4 is 26.9 Å². The van der Waals surface area contributed by atoms with Gasteiger partial charge in [-0.2, -0.15) is 12.7 Å². The number of anilines is 1. The summed E-state index contributed by atoms with van der Waals surface area (Å²) in [5.41, 5.74) is 2.00. The van der Waals surface area contributed by atoms with Crippen molar-refractivity contribution in [1.82, 2.24) is 13.9 Å². The van der Waals surface area contributed by atoms with Crippen LogP contribution in [-0.2, 0) is 22.2 Å².